The van der Waals surface area contributed by atoms with E-state index in [0.29, 0.717) is 16.5 Å². The number of thiazole rings is 1. The van der Waals surface area contributed by atoms with Crippen LogP contribution in [0.1, 0.15) is 27.8 Å². The van der Waals surface area contributed by atoms with Crippen molar-refractivity contribution in [3.05, 3.63) is 75.8 Å². The Kier molecular flexibility index (Phi) is 6.01. The second-order valence-electron chi connectivity index (χ2n) is 6.64. The zero-order valence-corrected chi connectivity index (χ0v) is 19.0. The summed E-state index contributed by atoms with van der Waals surface area (Å²) in [7, 11) is 1.61. The number of anilines is 1. The molecule has 4 rings (SSSR count). The molecule has 6 nitrogen and oxygen atoms in total. The molecule has 0 atom stereocenters. The number of carbonyl (C=O) groups is 2. The highest BCUT2D eigenvalue weighted by atomic mass is 79.9. The molecule has 1 N–H and O–H groups in total. The first-order chi connectivity index (χ1) is 14.9. The number of ketones is 1. The molecule has 0 saturated heterocycles. The molecule has 0 aliphatic carbocycles. The van der Waals surface area contributed by atoms with Crippen LogP contribution >= 0.6 is 27.3 Å². The molecular formula is C23H17BrN2O4S. The van der Waals surface area contributed by atoms with E-state index in [1.54, 1.807) is 43.5 Å². The van der Waals surface area contributed by atoms with Crippen LogP contribution in [0.4, 0.5) is 5.13 Å². The maximum absolute atomic E-state index is 12.6. The van der Waals surface area contributed by atoms with Crippen LogP contribution in [-0.4, -0.2) is 23.8 Å². The number of hydrogen-bond donors (Lipinski definition) is 1. The number of nitrogens with zero attached hydrogens (tertiary/aromatic N) is 1. The zero-order valence-electron chi connectivity index (χ0n) is 16.6. The first-order valence-electron chi connectivity index (χ1n) is 9.26. The van der Waals surface area contributed by atoms with Crippen LogP contribution in [0.5, 0.6) is 5.75 Å². The molecule has 0 aliphatic rings. The third-order valence-corrected chi connectivity index (χ3v) is 5.96. The first kappa shape index (κ1) is 21.0. The van der Waals surface area contributed by atoms with Gasteiger partial charge in [-0.1, -0.05) is 24.3 Å². The Hall–Kier alpha value is -3.23. The second kappa shape index (κ2) is 8.87. The van der Waals surface area contributed by atoms with Crippen molar-refractivity contribution in [1.82, 2.24) is 4.98 Å². The first-order valence-corrected chi connectivity index (χ1v) is 10.9. The molecule has 1 amide bonds. The minimum atomic E-state index is -0.386. The topological polar surface area (TPSA) is 81.4 Å². The number of rotatable bonds is 6. The number of furan rings is 1. The van der Waals surface area contributed by atoms with Crippen LogP contribution in [-0.2, 0) is 0 Å². The van der Waals surface area contributed by atoms with Crippen LogP contribution in [0.15, 0.2) is 68.9 Å². The van der Waals surface area contributed by atoms with Gasteiger partial charge in [-0.3, -0.25) is 14.9 Å². The Morgan fingerprint density at radius 1 is 1.06 bits per heavy atom. The highest BCUT2D eigenvalue weighted by Gasteiger charge is 2.15. The summed E-state index contributed by atoms with van der Waals surface area (Å²) in [5, 5.41) is 5.11. The molecule has 2 aromatic carbocycles. The highest BCUT2D eigenvalue weighted by molar-refractivity contribution is 9.10. The molecule has 2 heterocycles. The Morgan fingerprint density at radius 3 is 2.48 bits per heavy atom. The van der Waals surface area contributed by atoms with Crippen LogP contribution in [0.2, 0.25) is 0 Å². The number of nitrogens with one attached hydrogen (secondary N) is 1. The van der Waals surface area contributed by atoms with Crippen molar-refractivity contribution in [3.63, 3.8) is 0 Å². The normalized spacial score (nSPS) is 10.7. The van der Waals surface area contributed by atoms with Crippen molar-refractivity contribution in [2.75, 3.05) is 12.4 Å². The van der Waals surface area contributed by atoms with E-state index in [9.17, 15) is 9.59 Å². The predicted molar refractivity (Wildman–Crippen MR) is 124 cm³/mol. The molecule has 0 fully saturated rings. The fraction of sp³-hybridized carbons (Fsp3) is 0.0870. The lowest BCUT2D eigenvalue weighted by Crippen LogP contribution is -2.10. The summed E-state index contributed by atoms with van der Waals surface area (Å²) in [4.78, 5) is 28.5. The second-order valence-corrected chi connectivity index (χ2v) is 8.35. The van der Waals surface area contributed by atoms with Crippen molar-refractivity contribution in [2.45, 2.75) is 6.92 Å². The molecule has 0 radical (unpaired) electrons. The van der Waals surface area contributed by atoms with E-state index < -0.39 is 0 Å². The van der Waals surface area contributed by atoms with Crippen LogP contribution < -0.4 is 10.1 Å². The van der Waals surface area contributed by atoms with Crippen molar-refractivity contribution in [1.29, 1.82) is 0 Å². The lowest BCUT2D eigenvalue weighted by atomic mass is 10.1. The monoisotopic (exact) mass is 496 g/mol. The molecule has 4 aromatic rings. The number of Topliss-reactive ketones (excluding diaryl/α,β-unsaturated/α-hetero) is 1. The quantitative estimate of drug-likeness (QED) is 0.317. The summed E-state index contributed by atoms with van der Waals surface area (Å²) in [5.74, 6) is 1.06. The van der Waals surface area contributed by atoms with E-state index in [-0.39, 0.29) is 17.5 Å². The van der Waals surface area contributed by atoms with Gasteiger partial charge in [0, 0.05) is 22.1 Å². The molecular weight excluding hydrogens is 480 g/mol. The minimum Gasteiger partial charge on any atom is -0.496 e. The fourth-order valence-electron chi connectivity index (χ4n) is 2.93. The van der Waals surface area contributed by atoms with Gasteiger partial charge in [0.15, 0.2) is 16.7 Å². The number of halogens is 1. The summed E-state index contributed by atoms with van der Waals surface area (Å²) in [6.45, 7) is 1.52. The van der Waals surface area contributed by atoms with Gasteiger partial charge in [0.05, 0.1) is 17.3 Å². The SMILES string of the molecule is COc1ccc(-c2csc(NC(=O)c3ccc(-c4ccc(C(C)=O)cc4)o3)n2)cc1Br. The molecule has 0 saturated carbocycles. The third-order valence-electron chi connectivity index (χ3n) is 4.58. The molecule has 31 heavy (non-hydrogen) atoms. The van der Waals surface area contributed by atoms with Gasteiger partial charge < -0.3 is 9.15 Å². The Bertz CT molecular complexity index is 1260. The smallest absolute Gasteiger partial charge is 0.293 e. The number of amides is 1. The number of aromatic nitrogens is 1. The standard InChI is InChI=1S/C23H17BrN2O4S/c1-13(27)14-3-5-15(6-4-14)19-9-10-21(30-19)22(28)26-23-25-18(12-31-23)16-7-8-20(29-2)17(24)11-16/h3-12H,1-2H3,(H,25,26,28). The Balaban J connectivity index is 1.47. The van der Waals surface area contributed by atoms with Crippen LogP contribution in [0, 0.1) is 0 Å². The van der Waals surface area contributed by atoms with Gasteiger partial charge in [0.1, 0.15) is 11.5 Å². The van der Waals surface area contributed by atoms with E-state index in [1.165, 1.54) is 18.3 Å². The summed E-state index contributed by atoms with van der Waals surface area (Å²) < 4.78 is 11.8. The summed E-state index contributed by atoms with van der Waals surface area (Å²) >= 11 is 4.79. The van der Waals surface area contributed by atoms with Gasteiger partial charge in [-0.05, 0) is 53.2 Å². The maximum Gasteiger partial charge on any atom is 0.293 e. The molecule has 0 bridgehead atoms. The predicted octanol–water partition coefficient (Wildman–Crippen LogP) is 6.30. The molecule has 156 valence electrons. The van der Waals surface area contributed by atoms with Gasteiger partial charge in [0.2, 0.25) is 0 Å². The Labute approximate surface area is 191 Å². The highest BCUT2D eigenvalue weighted by Crippen LogP contribution is 2.32. The van der Waals surface area contributed by atoms with Crippen LogP contribution in [0.25, 0.3) is 22.6 Å². The van der Waals surface area contributed by atoms with E-state index in [4.69, 9.17) is 9.15 Å². The summed E-state index contributed by atoms with van der Waals surface area (Å²) in [6, 6.07) is 16.0. The molecule has 0 aliphatic heterocycles. The van der Waals surface area contributed by atoms with Crippen molar-refractivity contribution < 1.29 is 18.7 Å². The van der Waals surface area contributed by atoms with Gasteiger partial charge in [-0.25, -0.2) is 4.98 Å². The minimum absolute atomic E-state index is 0.00382. The average Bonchev–Trinajstić information content (AvgIpc) is 3.44. The fourth-order valence-corrected chi connectivity index (χ4v) is 4.19. The lowest BCUT2D eigenvalue weighted by molar-refractivity contribution is 0.0994. The molecule has 8 heteroatoms. The Morgan fingerprint density at radius 2 is 1.81 bits per heavy atom. The number of benzene rings is 2. The number of ether oxygens (including phenoxy) is 1. The van der Waals surface area contributed by atoms with Crippen molar-refractivity contribution >= 4 is 44.1 Å². The lowest BCUT2D eigenvalue weighted by Gasteiger charge is -2.04. The van der Waals surface area contributed by atoms with Crippen molar-refractivity contribution in [3.8, 4) is 28.3 Å². The van der Waals surface area contributed by atoms with Crippen LogP contribution in [0.3, 0.4) is 0 Å². The van der Waals surface area contributed by atoms with Gasteiger partial charge >= 0.3 is 0 Å². The average molecular weight is 497 g/mol. The molecule has 0 spiro atoms. The number of carbonyl (C=O) groups excluding carboxylic acids is 2. The number of methoxy groups -OCH3 is 1. The summed E-state index contributed by atoms with van der Waals surface area (Å²) in [5.41, 5.74) is 3.05. The van der Waals surface area contributed by atoms with E-state index in [1.807, 2.05) is 23.6 Å². The number of hydrogen-bond acceptors (Lipinski definition) is 6. The molecule has 0 unspecified atom stereocenters. The third kappa shape index (κ3) is 4.60. The zero-order chi connectivity index (χ0) is 22.0. The van der Waals surface area contributed by atoms with Gasteiger partial charge in [0.25, 0.3) is 5.91 Å². The van der Waals surface area contributed by atoms with Gasteiger partial charge in [-0.15, -0.1) is 11.3 Å². The largest absolute Gasteiger partial charge is 0.496 e. The summed E-state index contributed by atoms with van der Waals surface area (Å²) in [6.07, 6.45) is 0. The van der Waals surface area contributed by atoms with Crippen molar-refractivity contribution in [2.24, 2.45) is 0 Å². The van der Waals surface area contributed by atoms with E-state index in [0.717, 1.165) is 27.0 Å². The maximum atomic E-state index is 12.6. The van der Waals surface area contributed by atoms with E-state index >= 15 is 0 Å². The van der Waals surface area contributed by atoms with E-state index in [2.05, 4.69) is 26.2 Å². The molecule has 2 aromatic heterocycles. The van der Waals surface area contributed by atoms with Gasteiger partial charge in [-0.2, -0.15) is 0 Å².